The Morgan fingerprint density at radius 3 is 3.05 bits per heavy atom. The van der Waals surface area contributed by atoms with Crippen molar-refractivity contribution in [2.24, 2.45) is 0 Å². The van der Waals surface area contributed by atoms with Crippen LogP contribution in [0.25, 0.3) is 11.4 Å². The Morgan fingerprint density at radius 1 is 1.52 bits per heavy atom. The molecule has 0 aliphatic carbocycles. The van der Waals surface area contributed by atoms with E-state index in [-0.39, 0.29) is 0 Å². The Balaban J connectivity index is 2.35. The van der Waals surface area contributed by atoms with Crippen molar-refractivity contribution >= 4 is 17.4 Å². The number of unbranched alkanes of at least 4 members (excludes halogenated alkanes) is 1. The SMILES string of the molecule is C=C/C=C\OC(=C)c1nc2c(CCCC)cnc(N)n2n1. The zero-order valence-corrected chi connectivity index (χ0v) is 12.1. The minimum Gasteiger partial charge on any atom is -0.462 e. The smallest absolute Gasteiger partial charge is 0.223 e. The molecule has 2 aromatic rings. The molecule has 0 saturated heterocycles. The first-order chi connectivity index (χ1) is 10.2. The highest BCUT2D eigenvalue weighted by Gasteiger charge is 2.13. The number of nitrogens with zero attached hydrogens (tertiary/aromatic N) is 4. The van der Waals surface area contributed by atoms with Gasteiger partial charge in [-0.05, 0) is 18.9 Å². The van der Waals surface area contributed by atoms with Crippen LogP contribution in [0, 0.1) is 0 Å². The fourth-order valence-corrected chi connectivity index (χ4v) is 1.83. The molecule has 0 radical (unpaired) electrons. The van der Waals surface area contributed by atoms with E-state index in [0.29, 0.717) is 23.2 Å². The second kappa shape index (κ2) is 6.69. The average Bonchev–Trinajstić information content (AvgIpc) is 2.93. The molecule has 2 aromatic heterocycles. The van der Waals surface area contributed by atoms with Crippen LogP contribution < -0.4 is 5.73 Å². The van der Waals surface area contributed by atoms with Crippen LogP contribution in [0.3, 0.4) is 0 Å². The first-order valence-electron chi connectivity index (χ1n) is 6.81. The fraction of sp³-hybridized carbons (Fsp3) is 0.267. The summed E-state index contributed by atoms with van der Waals surface area (Å²) in [5.41, 5.74) is 7.55. The first-order valence-corrected chi connectivity index (χ1v) is 6.81. The van der Waals surface area contributed by atoms with Gasteiger partial charge in [-0.15, -0.1) is 5.10 Å². The molecule has 0 aliphatic heterocycles. The molecule has 0 unspecified atom stereocenters. The van der Waals surface area contributed by atoms with Crippen LogP contribution in [0.1, 0.15) is 31.2 Å². The molecule has 2 heterocycles. The quantitative estimate of drug-likeness (QED) is 0.625. The predicted octanol–water partition coefficient (Wildman–Crippen LogP) is 2.74. The van der Waals surface area contributed by atoms with Crippen molar-refractivity contribution in [1.82, 2.24) is 19.6 Å². The van der Waals surface area contributed by atoms with Gasteiger partial charge in [-0.25, -0.2) is 9.97 Å². The molecule has 0 amide bonds. The molecule has 0 atom stereocenters. The molecular formula is C15H19N5O. The Kier molecular flexibility index (Phi) is 4.71. The van der Waals surface area contributed by atoms with Crippen LogP contribution in [0.5, 0.6) is 0 Å². The molecule has 6 nitrogen and oxygen atoms in total. The van der Waals surface area contributed by atoms with Crippen molar-refractivity contribution in [3.05, 3.63) is 49.2 Å². The van der Waals surface area contributed by atoms with Gasteiger partial charge in [0, 0.05) is 11.8 Å². The number of aromatic nitrogens is 4. The average molecular weight is 285 g/mol. The van der Waals surface area contributed by atoms with Crippen LogP contribution >= 0.6 is 0 Å². The minimum absolute atomic E-state index is 0.290. The number of ether oxygens (including phenoxy) is 1. The molecule has 0 fully saturated rings. The van der Waals surface area contributed by atoms with E-state index in [9.17, 15) is 0 Å². The Bertz CT molecular complexity index is 687. The van der Waals surface area contributed by atoms with Crippen LogP contribution in [0.2, 0.25) is 0 Å². The van der Waals surface area contributed by atoms with E-state index < -0.39 is 0 Å². The van der Waals surface area contributed by atoms with E-state index in [2.05, 4.69) is 35.1 Å². The highest BCUT2D eigenvalue weighted by Crippen LogP contribution is 2.17. The van der Waals surface area contributed by atoms with Gasteiger partial charge in [0.05, 0.1) is 6.26 Å². The van der Waals surface area contributed by atoms with Gasteiger partial charge in [-0.2, -0.15) is 4.52 Å². The van der Waals surface area contributed by atoms with E-state index >= 15 is 0 Å². The number of hydrogen-bond donors (Lipinski definition) is 1. The molecule has 0 saturated carbocycles. The lowest BCUT2D eigenvalue weighted by atomic mass is 10.1. The highest BCUT2D eigenvalue weighted by molar-refractivity contribution is 5.57. The molecular weight excluding hydrogens is 266 g/mol. The van der Waals surface area contributed by atoms with Crippen molar-refractivity contribution in [2.75, 3.05) is 5.73 Å². The summed E-state index contributed by atoms with van der Waals surface area (Å²) in [6.45, 7) is 9.50. The largest absolute Gasteiger partial charge is 0.462 e. The molecule has 110 valence electrons. The number of fused-ring (bicyclic) bond motifs is 1. The van der Waals surface area contributed by atoms with E-state index in [1.807, 2.05) is 0 Å². The van der Waals surface area contributed by atoms with Crippen molar-refractivity contribution in [1.29, 1.82) is 0 Å². The van der Waals surface area contributed by atoms with Crippen LogP contribution in [0.4, 0.5) is 5.95 Å². The normalized spacial score (nSPS) is 11.1. The maximum absolute atomic E-state index is 5.84. The third-order valence-electron chi connectivity index (χ3n) is 2.94. The van der Waals surface area contributed by atoms with Crippen molar-refractivity contribution < 1.29 is 4.74 Å². The van der Waals surface area contributed by atoms with Gasteiger partial charge >= 0.3 is 0 Å². The van der Waals surface area contributed by atoms with Crippen LogP contribution in [-0.2, 0) is 11.2 Å². The first kappa shape index (κ1) is 14.8. The zero-order chi connectivity index (χ0) is 15.2. The summed E-state index contributed by atoms with van der Waals surface area (Å²) in [4.78, 5) is 8.60. The maximum atomic E-state index is 5.84. The number of anilines is 1. The molecule has 2 N–H and O–H groups in total. The summed E-state index contributed by atoms with van der Waals surface area (Å²) in [5.74, 6) is 1.03. The Morgan fingerprint density at radius 2 is 2.33 bits per heavy atom. The van der Waals surface area contributed by atoms with Crippen LogP contribution in [0.15, 0.2) is 37.8 Å². The second-order valence-electron chi connectivity index (χ2n) is 4.52. The van der Waals surface area contributed by atoms with Gasteiger partial charge in [-0.1, -0.05) is 32.6 Å². The lowest BCUT2D eigenvalue weighted by Crippen LogP contribution is -2.04. The number of rotatable bonds is 7. The lowest BCUT2D eigenvalue weighted by molar-refractivity contribution is 0.433. The van der Waals surface area contributed by atoms with E-state index in [1.54, 1.807) is 18.3 Å². The molecule has 0 bridgehead atoms. The van der Waals surface area contributed by atoms with Gasteiger partial charge in [-0.3, -0.25) is 0 Å². The molecule has 0 spiro atoms. The summed E-state index contributed by atoms with van der Waals surface area (Å²) in [5, 5.41) is 4.29. The van der Waals surface area contributed by atoms with Crippen molar-refractivity contribution in [3.8, 4) is 0 Å². The third-order valence-corrected chi connectivity index (χ3v) is 2.94. The minimum atomic E-state index is 0.290. The molecule has 2 rings (SSSR count). The highest BCUT2D eigenvalue weighted by atomic mass is 16.5. The predicted molar refractivity (Wildman–Crippen MR) is 83.3 cm³/mol. The summed E-state index contributed by atoms with van der Waals surface area (Å²) in [6.07, 6.45) is 9.52. The summed E-state index contributed by atoms with van der Waals surface area (Å²) in [7, 11) is 0. The topological polar surface area (TPSA) is 78.3 Å². The number of nitrogens with two attached hydrogens (primary N) is 1. The molecule has 21 heavy (non-hydrogen) atoms. The van der Waals surface area contributed by atoms with E-state index in [0.717, 1.165) is 24.8 Å². The van der Waals surface area contributed by atoms with Gasteiger partial charge < -0.3 is 10.5 Å². The Hall–Kier alpha value is -2.63. The van der Waals surface area contributed by atoms with Crippen molar-refractivity contribution in [2.45, 2.75) is 26.2 Å². The van der Waals surface area contributed by atoms with Crippen LogP contribution in [-0.4, -0.2) is 19.6 Å². The van der Waals surface area contributed by atoms with E-state index in [1.165, 1.54) is 10.8 Å². The second-order valence-corrected chi connectivity index (χ2v) is 4.52. The van der Waals surface area contributed by atoms with E-state index in [4.69, 9.17) is 10.5 Å². The molecule has 6 heteroatoms. The zero-order valence-electron chi connectivity index (χ0n) is 12.1. The molecule has 0 aliphatic rings. The number of aryl methyl sites for hydroxylation is 1. The number of allylic oxidation sites excluding steroid dienone is 2. The number of hydrogen-bond acceptors (Lipinski definition) is 5. The standard InChI is InChI=1S/C15H19N5O/c1-4-6-8-12-10-17-15(16)20-14(12)18-13(19-20)11(3)21-9-7-5-2/h5,7,9-10H,2-4,6,8H2,1H3,(H2,16,17)/b9-7-. The Labute approximate surface area is 123 Å². The summed E-state index contributed by atoms with van der Waals surface area (Å²) in [6, 6.07) is 0. The molecule has 0 aromatic carbocycles. The lowest BCUT2D eigenvalue weighted by Gasteiger charge is -2.02. The maximum Gasteiger partial charge on any atom is 0.223 e. The van der Waals surface area contributed by atoms with Gasteiger partial charge in [0.15, 0.2) is 11.4 Å². The van der Waals surface area contributed by atoms with Crippen molar-refractivity contribution in [3.63, 3.8) is 0 Å². The fourth-order valence-electron chi connectivity index (χ4n) is 1.83. The van der Waals surface area contributed by atoms with Gasteiger partial charge in [0.1, 0.15) is 0 Å². The third kappa shape index (κ3) is 3.28. The monoisotopic (exact) mass is 285 g/mol. The number of nitrogen functional groups attached to an aromatic ring is 1. The van der Waals surface area contributed by atoms with Gasteiger partial charge in [0.25, 0.3) is 0 Å². The summed E-state index contributed by atoms with van der Waals surface area (Å²) < 4.78 is 6.83. The van der Waals surface area contributed by atoms with Gasteiger partial charge in [0.2, 0.25) is 11.8 Å². The summed E-state index contributed by atoms with van der Waals surface area (Å²) >= 11 is 0.